The normalized spacial score (nSPS) is 11.4. The van der Waals surface area contributed by atoms with Crippen LogP contribution >= 0.6 is 0 Å². The minimum Gasteiger partial charge on any atom is -0.485 e. The highest BCUT2D eigenvalue weighted by Crippen LogP contribution is 2.33. The molecule has 4 heteroatoms. The van der Waals surface area contributed by atoms with Crippen LogP contribution in [0.2, 0.25) is 0 Å². The maximum Gasteiger partial charge on any atom is 0.163 e. The van der Waals surface area contributed by atoms with E-state index in [9.17, 15) is 10.5 Å². The van der Waals surface area contributed by atoms with Gasteiger partial charge in [-0.25, -0.2) is 0 Å². The average Bonchev–Trinajstić information content (AvgIpc) is 2.80. The molecule has 4 nitrogen and oxygen atoms in total. The lowest BCUT2D eigenvalue weighted by Crippen LogP contribution is -2.11. The molecule has 0 saturated carbocycles. The zero-order valence-corrected chi connectivity index (χ0v) is 20.9. The van der Waals surface area contributed by atoms with Gasteiger partial charge in [0.15, 0.2) is 11.5 Å². The first-order valence-corrected chi connectivity index (χ1v) is 11.4. The van der Waals surface area contributed by atoms with Gasteiger partial charge in [0.2, 0.25) is 0 Å². The van der Waals surface area contributed by atoms with Gasteiger partial charge in [0.1, 0.15) is 25.4 Å². The Bertz CT molecular complexity index is 1120. The summed E-state index contributed by atoms with van der Waals surface area (Å²) in [7, 11) is 0. The highest BCUT2D eigenvalue weighted by Gasteiger charge is 2.16. The minimum absolute atomic E-state index is 0.0836. The first-order chi connectivity index (χ1) is 16.0. The Balaban J connectivity index is 1.80. The highest BCUT2D eigenvalue weighted by molar-refractivity contribution is 5.56. The Morgan fingerprint density at radius 2 is 0.912 bits per heavy atom. The van der Waals surface area contributed by atoms with E-state index >= 15 is 0 Å². The van der Waals surface area contributed by atoms with Gasteiger partial charge < -0.3 is 9.47 Å². The van der Waals surface area contributed by atoms with E-state index < -0.39 is 0 Å². The molecular formula is C30H32N2O2. The standard InChI is InChI=1S/C30H32N2O2/c1-29(2,3)25-11-7-21(8-12-25)19-33-27-15-23(17-31)24(18-32)16-28(27)34-20-22-9-13-26(14-10-22)30(4,5)6/h7-16H,19-20H2,1-6H3. The van der Waals surface area contributed by atoms with Crippen LogP contribution in [-0.4, -0.2) is 0 Å². The second kappa shape index (κ2) is 10.0. The quantitative estimate of drug-likeness (QED) is 0.397. The predicted molar refractivity (Wildman–Crippen MR) is 135 cm³/mol. The van der Waals surface area contributed by atoms with E-state index in [0.717, 1.165) is 11.1 Å². The van der Waals surface area contributed by atoms with E-state index in [0.29, 0.717) is 24.7 Å². The van der Waals surface area contributed by atoms with Crippen molar-refractivity contribution in [3.8, 4) is 23.6 Å². The fourth-order valence-corrected chi connectivity index (χ4v) is 3.49. The first kappa shape index (κ1) is 24.9. The number of rotatable bonds is 6. The fraction of sp³-hybridized carbons (Fsp3) is 0.333. The molecule has 0 N–H and O–H groups in total. The van der Waals surface area contributed by atoms with E-state index in [1.54, 1.807) is 12.1 Å². The van der Waals surface area contributed by atoms with E-state index in [1.165, 1.54) is 11.1 Å². The van der Waals surface area contributed by atoms with Gasteiger partial charge in [-0.3, -0.25) is 0 Å². The van der Waals surface area contributed by atoms with Crippen LogP contribution in [0.1, 0.15) is 74.9 Å². The Labute approximate surface area is 203 Å². The summed E-state index contributed by atoms with van der Waals surface area (Å²) in [5.74, 6) is 0.892. The van der Waals surface area contributed by atoms with Crippen LogP contribution in [0.5, 0.6) is 11.5 Å². The third kappa shape index (κ3) is 6.18. The Kier molecular flexibility index (Phi) is 7.33. The molecule has 0 aliphatic rings. The van der Waals surface area contributed by atoms with E-state index in [2.05, 4.69) is 77.9 Å². The summed E-state index contributed by atoms with van der Waals surface area (Å²) < 4.78 is 12.1. The van der Waals surface area contributed by atoms with Crippen LogP contribution in [0.25, 0.3) is 0 Å². The van der Waals surface area contributed by atoms with Crippen molar-refractivity contribution in [2.45, 2.75) is 65.6 Å². The zero-order valence-electron chi connectivity index (χ0n) is 20.9. The Morgan fingerprint density at radius 1 is 0.588 bits per heavy atom. The monoisotopic (exact) mass is 452 g/mol. The molecule has 0 aliphatic carbocycles. The fourth-order valence-electron chi connectivity index (χ4n) is 3.49. The van der Waals surface area contributed by atoms with Gasteiger partial charge >= 0.3 is 0 Å². The van der Waals surface area contributed by atoms with Gasteiger partial charge in [-0.1, -0.05) is 90.1 Å². The van der Waals surface area contributed by atoms with Crippen LogP contribution in [0.3, 0.4) is 0 Å². The predicted octanol–water partition coefficient (Wildman–Crippen LogP) is 7.18. The number of benzene rings is 3. The van der Waals surface area contributed by atoms with E-state index in [1.807, 2.05) is 24.3 Å². The summed E-state index contributed by atoms with van der Waals surface area (Å²) in [5, 5.41) is 18.9. The van der Waals surface area contributed by atoms with Crippen LogP contribution in [0.4, 0.5) is 0 Å². The molecule has 0 amide bonds. The van der Waals surface area contributed by atoms with Gasteiger partial charge in [0.25, 0.3) is 0 Å². The lowest BCUT2D eigenvalue weighted by Gasteiger charge is -2.20. The molecule has 0 saturated heterocycles. The molecule has 0 radical (unpaired) electrons. The van der Waals surface area contributed by atoms with Crippen LogP contribution in [0.15, 0.2) is 60.7 Å². The molecule has 0 aliphatic heterocycles. The smallest absolute Gasteiger partial charge is 0.163 e. The van der Waals surface area contributed by atoms with Crippen molar-refractivity contribution in [1.82, 2.24) is 0 Å². The number of hydrogen-bond donors (Lipinski definition) is 0. The maximum absolute atomic E-state index is 9.46. The van der Waals surface area contributed by atoms with Crippen LogP contribution < -0.4 is 9.47 Å². The van der Waals surface area contributed by atoms with Crippen LogP contribution in [-0.2, 0) is 24.0 Å². The molecule has 0 unspecified atom stereocenters. The first-order valence-electron chi connectivity index (χ1n) is 11.4. The largest absolute Gasteiger partial charge is 0.485 e. The Hall–Kier alpha value is -3.76. The second-order valence-corrected chi connectivity index (χ2v) is 10.5. The summed E-state index contributed by atoms with van der Waals surface area (Å²) in [5.41, 5.74) is 5.23. The lowest BCUT2D eigenvalue weighted by atomic mass is 9.87. The number of nitriles is 2. The molecule has 3 aromatic carbocycles. The molecule has 0 bridgehead atoms. The molecule has 0 spiro atoms. The molecule has 174 valence electrons. The van der Waals surface area contributed by atoms with E-state index in [4.69, 9.17) is 9.47 Å². The van der Waals surface area contributed by atoms with Crippen molar-refractivity contribution in [3.05, 3.63) is 94.0 Å². The third-order valence-corrected chi connectivity index (χ3v) is 5.75. The lowest BCUT2D eigenvalue weighted by molar-refractivity contribution is 0.256. The number of hydrogen-bond acceptors (Lipinski definition) is 4. The average molecular weight is 453 g/mol. The third-order valence-electron chi connectivity index (χ3n) is 5.75. The van der Waals surface area contributed by atoms with Crippen molar-refractivity contribution < 1.29 is 9.47 Å². The van der Waals surface area contributed by atoms with Gasteiger partial charge in [-0.05, 0) is 33.1 Å². The zero-order chi connectivity index (χ0) is 24.9. The second-order valence-electron chi connectivity index (χ2n) is 10.5. The Morgan fingerprint density at radius 3 is 1.18 bits per heavy atom. The van der Waals surface area contributed by atoms with Crippen molar-refractivity contribution >= 4 is 0 Å². The van der Waals surface area contributed by atoms with Gasteiger partial charge in [0, 0.05) is 12.1 Å². The molecule has 0 atom stereocenters. The molecule has 3 aromatic rings. The maximum atomic E-state index is 9.46. The number of ether oxygens (including phenoxy) is 2. The van der Waals surface area contributed by atoms with E-state index in [-0.39, 0.29) is 22.0 Å². The molecule has 0 fully saturated rings. The molecule has 0 heterocycles. The topological polar surface area (TPSA) is 66.0 Å². The SMILES string of the molecule is CC(C)(C)c1ccc(COc2cc(C#N)c(C#N)cc2OCc2ccc(C(C)(C)C)cc2)cc1. The molecule has 0 aromatic heterocycles. The molecular weight excluding hydrogens is 420 g/mol. The molecule has 3 rings (SSSR count). The van der Waals surface area contributed by atoms with Crippen LogP contribution in [0, 0.1) is 22.7 Å². The summed E-state index contributed by atoms with van der Waals surface area (Å²) in [6, 6.07) is 23.9. The van der Waals surface area contributed by atoms with Gasteiger partial charge in [0.05, 0.1) is 11.1 Å². The molecule has 34 heavy (non-hydrogen) atoms. The number of nitrogens with zero attached hydrogens (tertiary/aromatic N) is 2. The van der Waals surface area contributed by atoms with Crippen molar-refractivity contribution in [1.29, 1.82) is 10.5 Å². The van der Waals surface area contributed by atoms with Gasteiger partial charge in [-0.15, -0.1) is 0 Å². The summed E-state index contributed by atoms with van der Waals surface area (Å²) >= 11 is 0. The highest BCUT2D eigenvalue weighted by atomic mass is 16.5. The summed E-state index contributed by atoms with van der Waals surface area (Å²) in [6.07, 6.45) is 0. The minimum atomic E-state index is 0.0836. The van der Waals surface area contributed by atoms with Crippen molar-refractivity contribution in [3.63, 3.8) is 0 Å². The van der Waals surface area contributed by atoms with Crippen molar-refractivity contribution in [2.24, 2.45) is 0 Å². The summed E-state index contributed by atoms with van der Waals surface area (Å²) in [4.78, 5) is 0. The summed E-state index contributed by atoms with van der Waals surface area (Å²) in [6.45, 7) is 13.7. The van der Waals surface area contributed by atoms with Gasteiger partial charge in [-0.2, -0.15) is 10.5 Å². The van der Waals surface area contributed by atoms with Crippen molar-refractivity contribution in [2.75, 3.05) is 0 Å².